The first-order chi connectivity index (χ1) is 10.5. The second kappa shape index (κ2) is 7.09. The van der Waals surface area contributed by atoms with Crippen molar-refractivity contribution in [2.24, 2.45) is 0 Å². The zero-order valence-electron chi connectivity index (χ0n) is 12.3. The predicted molar refractivity (Wildman–Crippen MR) is 87.4 cm³/mol. The standard InChI is InChI=1S/C16H18N2O3S/c1-22(20,21)18(15-10-6-3-7-11-15)13-12-17-16(19)14-8-4-2-5-9-14/h2-11H,12-13H2,1H3,(H,17,19). The van der Waals surface area contributed by atoms with E-state index in [0.717, 1.165) is 6.26 Å². The van der Waals surface area contributed by atoms with Gasteiger partial charge in [0, 0.05) is 12.1 Å². The number of anilines is 1. The number of sulfonamides is 1. The smallest absolute Gasteiger partial charge is 0.251 e. The lowest BCUT2D eigenvalue weighted by molar-refractivity contribution is 0.0955. The predicted octanol–water partition coefficient (Wildman–Crippen LogP) is 1.88. The average molecular weight is 318 g/mol. The molecule has 0 aromatic heterocycles. The summed E-state index contributed by atoms with van der Waals surface area (Å²) in [5, 5.41) is 2.73. The Balaban J connectivity index is 2.00. The van der Waals surface area contributed by atoms with Crippen LogP contribution >= 0.6 is 0 Å². The zero-order valence-corrected chi connectivity index (χ0v) is 13.1. The van der Waals surface area contributed by atoms with Gasteiger partial charge in [-0.25, -0.2) is 8.42 Å². The maximum atomic E-state index is 11.9. The van der Waals surface area contributed by atoms with Crippen LogP contribution in [0.2, 0.25) is 0 Å². The molecule has 6 heteroatoms. The van der Waals surface area contributed by atoms with Crippen molar-refractivity contribution in [1.29, 1.82) is 0 Å². The largest absolute Gasteiger partial charge is 0.350 e. The minimum Gasteiger partial charge on any atom is -0.350 e. The number of benzene rings is 2. The molecule has 2 rings (SSSR count). The molecule has 2 aromatic rings. The Morgan fingerprint density at radius 3 is 2.09 bits per heavy atom. The third kappa shape index (κ3) is 4.33. The lowest BCUT2D eigenvalue weighted by Gasteiger charge is -2.22. The molecule has 1 amide bonds. The van der Waals surface area contributed by atoms with Gasteiger partial charge in [0.2, 0.25) is 10.0 Å². The van der Waals surface area contributed by atoms with Crippen molar-refractivity contribution in [3.63, 3.8) is 0 Å². The van der Waals surface area contributed by atoms with E-state index in [4.69, 9.17) is 0 Å². The van der Waals surface area contributed by atoms with Gasteiger partial charge < -0.3 is 5.32 Å². The molecule has 22 heavy (non-hydrogen) atoms. The number of rotatable bonds is 6. The monoisotopic (exact) mass is 318 g/mol. The fourth-order valence-electron chi connectivity index (χ4n) is 2.04. The molecular weight excluding hydrogens is 300 g/mol. The van der Waals surface area contributed by atoms with Crippen LogP contribution < -0.4 is 9.62 Å². The highest BCUT2D eigenvalue weighted by Crippen LogP contribution is 2.15. The summed E-state index contributed by atoms with van der Waals surface area (Å²) in [6.07, 6.45) is 1.15. The van der Waals surface area contributed by atoms with Crippen LogP contribution in [0.5, 0.6) is 0 Å². The van der Waals surface area contributed by atoms with Gasteiger partial charge in [-0.3, -0.25) is 9.10 Å². The molecule has 116 valence electrons. The van der Waals surface area contributed by atoms with Crippen LogP contribution in [0.3, 0.4) is 0 Å². The highest BCUT2D eigenvalue weighted by atomic mass is 32.2. The van der Waals surface area contributed by atoms with Crippen molar-refractivity contribution >= 4 is 21.6 Å². The highest BCUT2D eigenvalue weighted by molar-refractivity contribution is 7.92. The van der Waals surface area contributed by atoms with E-state index in [1.807, 2.05) is 12.1 Å². The number of para-hydroxylation sites is 1. The molecule has 0 atom stereocenters. The summed E-state index contributed by atoms with van der Waals surface area (Å²) in [6, 6.07) is 17.6. The Kier molecular flexibility index (Phi) is 5.16. The molecule has 0 aliphatic rings. The Morgan fingerprint density at radius 2 is 1.55 bits per heavy atom. The lowest BCUT2D eigenvalue weighted by atomic mass is 10.2. The van der Waals surface area contributed by atoms with Gasteiger partial charge in [0.1, 0.15) is 0 Å². The molecule has 0 radical (unpaired) electrons. The third-order valence-corrected chi connectivity index (χ3v) is 4.27. The first-order valence-corrected chi connectivity index (χ1v) is 8.69. The number of amides is 1. The van der Waals surface area contributed by atoms with Gasteiger partial charge in [-0.1, -0.05) is 36.4 Å². The molecule has 1 N–H and O–H groups in total. The Labute approximate surface area is 130 Å². The molecule has 0 saturated carbocycles. The number of hydrogen-bond donors (Lipinski definition) is 1. The maximum absolute atomic E-state index is 11.9. The summed E-state index contributed by atoms with van der Waals surface area (Å²) in [6.45, 7) is 0.414. The van der Waals surface area contributed by atoms with E-state index in [2.05, 4.69) is 5.32 Å². The molecule has 0 spiro atoms. The van der Waals surface area contributed by atoms with Crippen LogP contribution in [-0.2, 0) is 10.0 Å². The summed E-state index contributed by atoms with van der Waals surface area (Å²) >= 11 is 0. The molecule has 0 saturated heterocycles. The lowest BCUT2D eigenvalue weighted by Crippen LogP contribution is -2.38. The van der Waals surface area contributed by atoms with E-state index in [0.29, 0.717) is 11.3 Å². The fraction of sp³-hybridized carbons (Fsp3) is 0.188. The third-order valence-electron chi connectivity index (χ3n) is 3.08. The van der Waals surface area contributed by atoms with E-state index in [1.54, 1.807) is 48.5 Å². The SMILES string of the molecule is CS(=O)(=O)N(CCNC(=O)c1ccccc1)c1ccccc1. The summed E-state index contributed by atoms with van der Waals surface area (Å²) in [7, 11) is -3.40. The van der Waals surface area contributed by atoms with Crippen molar-refractivity contribution < 1.29 is 13.2 Å². The molecule has 0 unspecified atom stereocenters. The van der Waals surface area contributed by atoms with Crippen molar-refractivity contribution in [2.45, 2.75) is 0 Å². The quantitative estimate of drug-likeness (QED) is 0.884. The van der Waals surface area contributed by atoms with Crippen LogP contribution in [0.25, 0.3) is 0 Å². The van der Waals surface area contributed by atoms with Crippen LogP contribution in [-0.4, -0.2) is 33.7 Å². The highest BCUT2D eigenvalue weighted by Gasteiger charge is 2.17. The van der Waals surface area contributed by atoms with Gasteiger partial charge >= 0.3 is 0 Å². The summed E-state index contributed by atoms with van der Waals surface area (Å²) in [5.41, 5.74) is 1.13. The van der Waals surface area contributed by atoms with Gasteiger partial charge in [-0.2, -0.15) is 0 Å². The summed E-state index contributed by atoms with van der Waals surface area (Å²) in [5.74, 6) is -0.220. The van der Waals surface area contributed by atoms with Crippen LogP contribution in [0.1, 0.15) is 10.4 Å². The van der Waals surface area contributed by atoms with Crippen LogP contribution in [0, 0.1) is 0 Å². The van der Waals surface area contributed by atoms with Crippen molar-refractivity contribution in [1.82, 2.24) is 5.32 Å². The van der Waals surface area contributed by atoms with Crippen LogP contribution in [0.4, 0.5) is 5.69 Å². The van der Waals surface area contributed by atoms with Crippen molar-refractivity contribution in [2.75, 3.05) is 23.7 Å². The molecular formula is C16H18N2O3S. The molecule has 5 nitrogen and oxygen atoms in total. The molecule has 0 fully saturated rings. The second-order valence-electron chi connectivity index (χ2n) is 4.79. The molecule has 0 bridgehead atoms. The summed E-state index contributed by atoms with van der Waals surface area (Å²) in [4.78, 5) is 11.9. The number of nitrogens with one attached hydrogen (secondary N) is 1. The van der Waals surface area contributed by atoms with Gasteiger partial charge in [-0.15, -0.1) is 0 Å². The van der Waals surface area contributed by atoms with Crippen molar-refractivity contribution in [3.8, 4) is 0 Å². The van der Waals surface area contributed by atoms with E-state index >= 15 is 0 Å². The zero-order chi connectivity index (χ0) is 16.0. The first kappa shape index (κ1) is 16.0. The Bertz CT molecular complexity index is 716. The Hall–Kier alpha value is -2.34. The van der Waals surface area contributed by atoms with Gasteiger partial charge in [-0.05, 0) is 24.3 Å². The van der Waals surface area contributed by atoms with E-state index < -0.39 is 10.0 Å². The van der Waals surface area contributed by atoms with Gasteiger partial charge in [0.25, 0.3) is 5.91 Å². The molecule has 2 aromatic carbocycles. The van der Waals surface area contributed by atoms with Gasteiger partial charge in [0.05, 0.1) is 18.5 Å². The van der Waals surface area contributed by atoms with Crippen molar-refractivity contribution in [3.05, 3.63) is 66.2 Å². The normalized spacial score (nSPS) is 11.0. The minimum atomic E-state index is -3.40. The summed E-state index contributed by atoms with van der Waals surface area (Å²) < 4.78 is 25.1. The van der Waals surface area contributed by atoms with E-state index in [9.17, 15) is 13.2 Å². The topological polar surface area (TPSA) is 66.5 Å². The van der Waals surface area contributed by atoms with Gasteiger partial charge in [0.15, 0.2) is 0 Å². The number of hydrogen-bond acceptors (Lipinski definition) is 3. The number of carbonyl (C=O) groups is 1. The first-order valence-electron chi connectivity index (χ1n) is 6.84. The number of carbonyl (C=O) groups excluding carboxylic acids is 1. The fourth-order valence-corrected chi connectivity index (χ4v) is 2.97. The van der Waals surface area contributed by atoms with E-state index in [-0.39, 0.29) is 19.0 Å². The van der Waals surface area contributed by atoms with Crippen LogP contribution in [0.15, 0.2) is 60.7 Å². The van der Waals surface area contributed by atoms with E-state index in [1.165, 1.54) is 4.31 Å². The maximum Gasteiger partial charge on any atom is 0.251 e. The Morgan fingerprint density at radius 1 is 1.00 bits per heavy atom. The average Bonchev–Trinajstić information content (AvgIpc) is 2.52. The number of nitrogens with zero attached hydrogens (tertiary/aromatic N) is 1. The molecule has 0 aliphatic heterocycles. The second-order valence-corrected chi connectivity index (χ2v) is 6.70. The minimum absolute atomic E-state index is 0.182. The molecule has 0 heterocycles. The molecule has 0 aliphatic carbocycles.